The lowest BCUT2D eigenvalue weighted by Gasteiger charge is -2.21. The summed E-state index contributed by atoms with van der Waals surface area (Å²) in [5.41, 5.74) is 7.18. The first-order valence-corrected chi connectivity index (χ1v) is 7.84. The third kappa shape index (κ3) is 3.44. The molecule has 1 aliphatic rings. The summed E-state index contributed by atoms with van der Waals surface area (Å²) in [6.07, 6.45) is 6.66. The maximum absolute atomic E-state index is 6.14. The Kier molecular flexibility index (Phi) is 4.68. The van der Waals surface area contributed by atoms with Gasteiger partial charge in [0, 0.05) is 18.8 Å². The van der Waals surface area contributed by atoms with Gasteiger partial charge < -0.3 is 10.6 Å². The zero-order valence-corrected chi connectivity index (χ0v) is 12.7. The molecule has 116 valence electrons. The largest absolute Gasteiger partial charge is 0.370 e. The molecule has 0 aliphatic carbocycles. The van der Waals surface area contributed by atoms with Crippen molar-refractivity contribution in [2.45, 2.75) is 32.2 Å². The van der Waals surface area contributed by atoms with Crippen molar-refractivity contribution in [3.05, 3.63) is 42.5 Å². The van der Waals surface area contributed by atoms with E-state index in [0.29, 0.717) is 12.5 Å². The van der Waals surface area contributed by atoms with Crippen molar-refractivity contribution >= 4 is 5.96 Å². The number of hydrogen-bond donors (Lipinski definition) is 1. The van der Waals surface area contributed by atoms with Crippen molar-refractivity contribution < 1.29 is 0 Å². The maximum Gasteiger partial charge on any atom is 0.191 e. The van der Waals surface area contributed by atoms with E-state index in [9.17, 15) is 0 Å². The second kappa shape index (κ2) is 7.06. The third-order valence-electron chi connectivity index (χ3n) is 3.97. The number of aliphatic imine (C=N–C) groups is 1. The van der Waals surface area contributed by atoms with E-state index in [0.717, 1.165) is 24.6 Å². The first-order chi connectivity index (χ1) is 10.8. The van der Waals surface area contributed by atoms with Gasteiger partial charge in [0.2, 0.25) is 0 Å². The number of aromatic nitrogens is 3. The predicted octanol–water partition coefficient (Wildman–Crippen LogP) is 1.96. The summed E-state index contributed by atoms with van der Waals surface area (Å²) in [6.45, 7) is 2.44. The fraction of sp³-hybridized carbons (Fsp3) is 0.438. The second-order valence-electron chi connectivity index (χ2n) is 5.53. The molecule has 1 aliphatic heterocycles. The minimum absolute atomic E-state index is 0.442. The van der Waals surface area contributed by atoms with E-state index in [4.69, 9.17) is 5.73 Å². The Balaban J connectivity index is 1.71. The van der Waals surface area contributed by atoms with E-state index < -0.39 is 0 Å². The number of likely N-dealkylation sites (tertiary alicyclic amines) is 1. The molecule has 22 heavy (non-hydrogen) atoms. The van der Waals surface area contributed by atoms with Crippen LogP contribution in [0.15, 0.2) is 41.7 Å². The van der Waals surface area contributed by atoms with Gasteiger partial charge in [0.05, 0.1) is 0 Å². The van der Waals surface area contributed by atoms with Crippen LogP contribution in [-0.4, -0.2) is 38.7 Å². The molecule has 0 unspecified atom stereocenters. The summed E-state index contributed by atoms with van der Waals surface area (Å²) < 4.78 is 1.94. The smallest absolute Gasteiger partial charge is 0.191 e. The first kappa shape index (κ1) is 14.6. The van der Waals surface area contributed by atoms with Gasteiger partial charge in [0.25, 0.3) is 0 Å². The lowest BCUT2D eigenvalue weighted by molar-refractivity contribution is 0.428. The molecule has 1 aromatic carbocycles. The summed E-state index contributed by atoms with van der Waals surface area (Å²) >= 11 is 0. The van der Waals surface area contributed by atoms with Gasteiger partial charge in [-0.1, -0.05) is 31.0 Å². The molecule has 0 amide bonds. The minimum Gasteiger partial charge on any atom is -0.370 e. The molecule has 6 heteroatoms. The minimum atomic E-state index is 0.442. The van der Waals surface area contributed by atoms with E-state index in [1.54, 1.807) is 6.33 Å². The zero-order chi connectivity index (χ0) is 15.2. The Morgan fingerprint density at radius 1 is 1.09 bits per heavy atom. The zero-order valence-electron chi connectivity index (χ0n) is 12.7. The molecule has 2 heterocycles. The molecule has 1 saturated heterocycles. The van der Waals surface area contributed by atoms with Crippen LogP contribution in [0.5, 0.6) is 0 Å². The lowest BCUT2D eigenvalue weighted by atomic mass is 10.2. The first-order valence-electron chi connectivity index (χ1n) is 7.84. The number of para-hydroxylation sites is 1. The maximum atomic E-state index is 6.14. The second-order valence-corrected chi connectivity index (χ2v) is 5.53. The fourth-order valence-electron chi connectivity index (χ4n) is 2.72. The van der Waals surface area contributed by atoms with Crippen molar-refractivity contribution in [1.29, 1.82) is 0 Å². The fourth-order valence-corrected chi connectivity index (χ4v) is 2.72. The molecule has 6 nitrogen and oxygen atoms in total. The molecular formula is C16H22N6. The Morgan fingerprint density at radius 2 is 1.82 bits per heavy atom. The normalized spacial score (nSPS) is 16.5. The molecule has 2 aromatic rings. The molecular weight excluding hydrogens is 276 g/mol. The molecule has 2 N–H and O–H groups in total. The molecule has 0 radical (unpaired) electrons. The third-order valence-corrected chi connectivity index (χ3v) is 3.97. The Labute approximate surface area is 130 Å². The van der Waals surface area contributed by atoms with Crippen LogP contribution in [0.25, 0.3) is 5.69 Å². The highest BCUT2D eigenvalue weighted by atomic mass is 15.3. The molecule has 3 rings (SSSR count). The van der Waals surface area contributed by atoms with E-state index >= 15 is 0 Å². The highest BCUT2D eigenvalue weighted by molar-refractivity contribution is 5.78. The summed E-state index contributed by atoms with van der Waals surface area (Å²) in [7, 11) is 0. The topological polar surface area (TPSA) is 72.3 Å². The Hall–Kier alpha value is -2.37. The van der Waals surface area contributed by atoms with Crippen LogP contribution in [0.2, 0.25) is 0 Å². The van der Waals surface area contributed by atoms with Crippen LogP contribution in [0.4, 0.5) is 0 Å². The van der Waals surface area contributed by atoms with Crippen LogP contribution in [0.3, 0.4) is 0 Å². The molecule has 1 fully saturated rings. The number of guanidine groups is 1. The lowest BCUT2D eigenvalue weighted by Crippen LogP contribution is -2.38. The van der Waals surface area contributed by atoms with Crippen molar-refractivity contribution in [3.63, 3.8) is 0 Å². The predicted molar refractivity (Wildman–Crippen MR) is 86.7 cm³/mol. The quantitative estimate of drug-likeness (QED) is 0.694. The van der Waals surface area contributed by atoms with Crippen molar-refractivity contribution in [2.24, 2.45) is 10.7 Å². The molecule has 0 bridgehead atoms. The average molecular weight is 298 g/mol. The van der Waals surface area contributed by atoms with Gasteiger partial charge in [-0.3, -0.25) is 4.57 Å². The number of hydrogen-bond acceptors (Lipinski definition) is 3. The van der Waals surface area contributed by atoms with Gasteiger partial charge >= 0.3 is 0 Å². The highest BCUT2D eigenvalue weighted by Gasteiger charge is 2.11. The van der Waals surface area contributed by atoms with Crippen LogP contribution in [0.1, 0.15) is 31.5 Å². The van der Waals surface area contributed by atoms with Crippen LogP contribution in [-0.2, 0) is 6.54 Å². The van der Waals surface area contributed by atoms with Gasteiger partial charge in [0.1, 0.15) is 12.9 Å². The summed E-state index contributed by atoms with van der Waals surface area (Å²) in [4.78, 5) is 6.69. The molecule has 0 saturated carbocycles. The Morgan fingerprint density at radius 3 is 2.55 bits per heavy atom. The summed E-state index contributed by atoms with van der Waals surface area (Å²) in [5, 5.41) is 8.15. The standard InChI is InChI=1S/C16H22N6/c17-16(21-10-6-1-2-7-11-21)18-12-15-20-19-13-22(15)14-8-4-3-5-9-14/h3-5,8-9,13H,1-2,6-7,10-12H2,(H2,17,18). The van der Waals surface area contributed by atoms with Crippen molar-refractivity contribution in [1.82, 2.24) is 19.7 Å². The van der Waals surface area contributed by atoms with Crippen molar-refractivity contribution in [3.8, 4) is 5.69 Å². The number of nitrogens with zero attached hydrogens (tertiary/aromatic N) is 5. The van der Waals surface area contributed by atoms with Crippen molar-refractivity contribution in [2.75, 3.05) is 13.1 Å². The SMILES string of the molecule is NC(=NCc1nncn1-c1ccccc1)N1CCCCCC1. The van der Waals surface area contributed by atoms with Gasteiger partial charge in [-0.2, -0.15) is 0 Å². The van der Waals surface area contributed by atoms with Gasteiger partial charge in [0.15, 0.2) is 11.8 Å². The van der Waals surface area contributed by atoms with E-state index in [1.807, 2.05) is 34.9 Å². The number of rotatable bonds is 3. The van der Waals surface area contributed by atoms with E-state index in [1.165, 1.54) is 25.7 Å². The van der Waals surface area contributed by atoms with Crippen LogP contribution >= 0.6 is 0 Å². The van der Waals surface area contributed by atoms with Gasteiger partial charge in [-0.25, -0.2) is 4.99 Å². The number of benzene rings is 1. The van der Waals surface area contributed by atoms with Crippen LogP contribution < -0.4 is 5.73 Å². The summed E-state index contributed by atoms with van der Waals surface area (Å²) in [5.74, 6) is 1.41. The highest BCUT2D eigenvalue weighted by Crippen LogP contribution is 2.11. The van der Waals surface area contributed by atoms with Crippen LogP contribution in [0, 0.1) is 0 Å². The monoisotopic (exact) mass is 298 g/mol. The van der Waals surface area contributed by atoms with Gasteiger partial charge in [-0.05, 0) is 25.0 Å². The number of nitrogens with two attached hydrogens (primary N) is 1. The van der Waals surface area contributed by atoms with E-state index in [2.05, 4.69) is 20.1 Å². The van der Waals surface area contributed by atoms with Gasteiger partial charge in [-0.15, -0.1) is 10.2 Å². The van der Waals surface area contributed by atoms with E-state index in [-0.39, 0.29) is 0 Å². The summed E-state index contributed by atoms with van der Waals surface area (Å²) in [6, 6.07) is 10.0. The molecule has 0 atom stereocenters. The average Bonchev–Trinajstić information content (AvgIpc) is 2.86. The molecule has 0 spiro atoms. The Bertz CT molecular complexity index is 611. The molecule has 1 aromatic heterocycles.